The van der Waals surface area contributed by atoms with Gasteiger partial charge < -0.3 is 20.3 Å². The second kappa shape index (κ2) is 9.61. The van der Waals surface area contributed by atoms with Gasteiger partial charge in [0.25, 0.3) is 5.91 Å². The molecule has 2 atom stereocenters. The lowest BCUT2D eigenvalue weighted by atomic mass is 10.1. The van der Waals surface area contributed by atoms with Crippen LogP contribution in [0.1, 0.15) is 30.6 Å². The maximum absolute atomic E-state index is 12.5. The molecule has 0 saturated carbocycles. The summed E-state index contributed by atoms with van der Waals surface area (Å²) in [4.78, 5) is 26.0. The van der Waals surface area contributed by atoms with E-state index < -0.39 is 0 Å². The number of hydrogen-bond donors (Lipinski definition) is 2. The number of benzene rings is 1. The van der Waals surface area contributed by atoms with Crippen molar-refractivity contribution in [2.75, 3.05) is 32.0 Å². The minimum Gasteiger partial charge on any atom is -0.372 e. The molecule has 0 aliphatic carbocycles. The fourth-order valence-corrected chi connectivity index (χ4v) is 2.68. The molecule has 2 N–H and O–H groups in total. The van der Waals surface area contributed by atoms with Crippen LogP contribution in [-0.2, 0) is 9.53 Å². The van der Waals surface area contributed by atoms with Gasteiger partial charge in [-0.1, -0.05) is 0 Å². The van der Waals surface area contributed by atoms with Crippen molar-refractivity contribution in [2.45, 2.75) is 32.5 Å². The lowest BCUT2D eigenvalue weighted by molar-refractivity contribution is -0.116. The highest BCUT2D eigenvalue weighted by molar-refractivity contribution is 5.96. The Kier molecular flexibility index (Phi) is 8.18. The van der Waals surface area contributed by atoms with Crippen LogP contribution in [0.5, 0.6) is 0 Å². The summed E-state index contributed by atoms with van der Waals surface area (Å²) in [6.07, 6.45) is 0.516. The first-order valence-electron chi connectivity index (χ1n) is 7.99. The summed E-state index contributed by atoms with van der Waals surface area (Å²) < 4.78 is 5.65. The van der Waals surface area contributed by atoms with Gasteiger partial charge in [0.1, 0.15) is 0 Å². The quantitative estimate of drug-likeness (QED) is 0.846. The van der Waals surface area contributed by atoms with Gasteiger partial charge in [-0.25, -0.2) is 0 Å². The second-order valence-corrected chi connectivity index (χ2v) is 5.95. The van der Waals surface area contributed by atoms with Crippen molar-refractivity contribution in [3.05, 3.63) is 29.8 Å². The molecule has 24 heavy (non-hydrogen) atoms. The number of rotatable bonds is 5. The fourth-order valence-electron chi connectivity index (χ4n) is 2.68. The first kappa shape index (κ1) is 20.4. The zero-order valence-corrected chi connectivity index (χ0v) is 15.2. The minimum atomic E-state index is -0.0470. The number of halogens is 1. The third-order valence-corrected chi connectivity index (χ3v) is 3.72. The van der Waals surface area contributed by atoms with Crippen molar-refractivity contribution < 1.29 is 14.3 Å². The molecular weight excluding hydrogens is 330 g/mol. The van der Waals surface area contributed by atoms with Crippen LogP contribution in [0.4, 0.5) is 5.69 Å². The van der Waals surface area contributed by atoms with Gasteiger partial charge in [-0.05, 0) is 45.2 Å². The molecule has 0 aromatic heterocycles. The summed E-state index contributed by atoms with van der Waals surface area (Å²) in [5, 5.41) is 5.74. The van der Waals surface area contributed by atoms with Crippen LogP contribution in [0.25, 0.3) is 0 Å². The van der Waals surface area contributed by atoms with Crippen molar-refractivity contribution in [1.82, 2.24) is 10.2 Å². The highest BCUT2D eigenvalue weighted by Crippen LogP contribution is 2.16. The topological polar surface area (TPSA) is 70.7 Å². The molecule has 134 valence electrons. The molecule has 1 aromatic rings. The standard InChI is InChI=1S/C17H25N3O3.ClH/c1-12-10-20(11-13(2)23-12)17(22)14-4-6-15(7-5-14)19-16(21)8-9-18-3;/h4-7,12-13,18H,8-11H2,1-3H3,(H,19,21);1H. The molecule has 1 heterocycles. The Balaban J connectivity index is 0.00000288. The van der Waals surface area contributed by atoms with Crippen molar-refractivity contribution >= 4 is 29.9 Å². The third-order valence-electron chi connectivity index (χ3n) is 3.72. The predicted molar refractivity (Wildman–Crippen MR) is 96.8 cm³/mol. The average Bonchev–Trinajstić information content (AvgIpc) is 2.52. The van der Waals surface area contributed by atoms with Crippen molar-refractivity contribution in [3.63, 3.8) is 0 Å². The number of ether oxygens (including phenoxy) is 1. The van der Waals surface area contributed by atoms with E-state index >= 15 is 0 Å². The zero-order valence-electron chi connectivity index (χ0n) is 14.4. The van der Waals surface area contributed by atoms with E-state index in [1.54, 1.807) is 31.3 Å². The van der Waals surface area contributed by atoms with Gasteiger partial charge in [0.2, 0.25) is 5.91 Å². The summed E-state index contributed by atoms with van der Waals surface area (Å²) in [5.74, 6) is -0.0469. The Morgan fingerprint density at radius 1 is 1.17 bits per heavy atom. The van der Waals surface area contributed by atoms with Crippen LogP contribution in [0.15, 0.2) is 24.3 Å². The largest absolute Gasteiger partial charge is 0.372 e. The number of amides is 2. The molecule has 1 aliphatic heterocycles. The number of carbonyl (C=O) groups is 2. The molecule has 0 bridgehead atoms. The van der Waals surface area contributed by atoms with Gasteiger partial charge in [0, 0.05) is 37.3 Å². The van der Waals surface area contributed by atoms with Gasteiger partial charge in [-0.3, -0.25) is 9.59 Å². The number of carbonyl (C=O) groups excluding carboxylic acids is 2. The Morgan fingerprint density at radius 2 is 1.75 bits per heavy atom. The number of hydrogen-bond acceptors (Lipinski definition) is 4. The van der Waals surface area contributed by atoms with Crippen LogP contribution >= 0.6 is 12.4 Å². The maximum atomic E-state index is 12.5. The molecule has 1 aromatic carbocycles. The van der Waals surface area contributed by atoms with E-state index in [4.69, 9.17) is 4.74 Å². The maximum Gasteiger partial charge on any atom is 0.254 e. The van der Waals surface area contributed by atoms with Crippen molar-refractivity contribution in [1.29, 1.82) is 0 Å². The Bertz CT molecular complexity index is 541. The zero-order chi connectivity index (χ0) is 16.8. The van der Waals surface area contributed by atoms with E-state index in [9.17, 15) is 9.59 Å². The molecule has 1 aliphatic rings. The predicted octanol–water partition coefficient (Wildman–Crippen LogP) is 1.91. The third kappa shape index (κ3) is 5.78. The van der Waals surface area contributed by atoms with Gasteiger partial charge in [-0.15, -0.1) is 12.4 Å². The SMILES string of the molecule is CNCCC(=O)Nc1ccc(C(=O)N2CC(C)OC(C)C2)cc1.Cl. The summed E-state index contributed by atoms with van der Waals surface area (Å²) in [6.45, 7) is 5.78. The van der Waals surface area contributed by atoms with Gasteiger partial charge in [0.05, 0.1) is 12.2 Å². The Labute approximate surface area is 149 Å². The first-order chi connectivity index (χ1) is 11.0. The normalized spacial score (nSPS) is 20.2. The van der Waals surface area contributed by atoms with Gasteiger partial charge in [-0.2, -0.15) is 0 Å². The molecule has 0 spiro atoms. The van der Waals surface area contributed by atoms with E-state index in [-0.39, 0.29) is 36.4 Å². The van der Waals surface area contributed by atoms with E-state index in [0.29, 0.717) is 37.3 Å². The second-order valence-electron chi connectivity index (χ2n) is 5.95. The van der Waals surface area contributed by atoms with Crippen LogP contribution < -0.4 is 10.6 Å². The number of anilines is 1. The smallest absolute Gasteiger partial charge is 0.254 e. The first-order valence-corrected chi connectivity index (χ1v) is 7.99. The van der Waals surface area contributed by atoms with Crippen molar-refractivity contribution in [2.24, 2.45) is 0 Å². The molecular formula is C17H26ClN3O3. The van der Waals surface area contributed by atoms with E-state index in [1.807, 2.05) is 18.7 Å². The lowest BCUT2D eigenvalue weighted by Crippen LogP contribution is -2.48. The highest BCUT2D eigenvalue weighted by Gasteiger charge is 2.26. The molecule has 2 amide bonds. The molecule has 2 unspecified atom stereocenters. The molecule has 0 radical (unpaired) electrons. The summed E-state index contributed by atoms with van der Waals surface area (Å²) in [5.41, 5.74) is 1.32. The van der Waals surface area contributed by atoms with Crippen LogP contribution in [0, 0.1) is 0 Å². The Hall–Kier alpha value is -1.63. The fraction of sp³-hybridized carbons (Fsp3) is 0.529. The number of nitrogens with one attached hydrogen (secondary N) is 2. The number of morpholine rings is 1. The van der Waals surface area contributed by atoms with Crippen LogP contribution in [0.3, 0.4) is 0 Å². The van der Waals surface area contributed by atoms with E-state index in [0.717, 1.165) is 0 Å². The average molecular weight is 356 g/mol. The molecule has 1 saturated heterocycles. The minimum absolute atomic E-state index is 0. The Morgan fingerprint density at radius 3 is 2.29 bits per heavy atom. The van der Waals surface area contributed by atoms with E-state index in [1.165, 1.54) is 0 Å². The summed E-state index contributed by atoms with van der Waals surface area (Å²) >= 11 is 0. The molecule has 6 nitrogen and oxygen atoms in total. The molecule has 1 fully saturated rings. The monoisotopic (exact) mass is 355 g/mol. The van der Waals surface area contributed by atoms with Crippen molar-refractivity contribution in [3.8, 4) is 0 Å². The summed E-state index contributed by atoms with van der Waals surface area (Å²) in [7, 11) is 1.81. The van der Waals surface area contributed by atoms with Crippen LogP contribution in [-0.4, -0.2) is 55.6 Å². The molecule has 2 rings (SSSR count). The van der Waals surface area contributed by atoms with Gasteiger partial charge >= 0.3 is 0 Å². The highest BCUT2D eigenvalue weighted by atomic mass is 35.5. The number of nitrogens with zero attached hydrogens (tertiary/aromatic N) is 1. The molecule has 7 heteroatoms. The van der Waals surface area contributed by atoms with E-state index in [2.05, 4.69) is 10.6 Å². The summed E-state index contributed by atoms with van der Waals surface area (Å²) in [6, 6.07) is 7.03. The van der Waals surface area contributed by atoms with Gasteiger partial charge in [0.15, 0.2) is 0 Å². The lowest BCUT2D eigenvalue weighted by Gasteiger charge is -2.35. The van der Waals surface area contributed by atoms with Crippen LogP contribution in [0.2, 0.25) is 0 Å².